The Balaban J connectivity index is 1.43. The van der Waals surface area contributed by atoms with Crippen LogP contribution in [0.25, 0.3) is 0 Å². The highest BCUT2D eigenvalue weighted by molar-refractivity contribution is 8.01. The molecular weight excluding hydrogens is 404 g/mol. The van der Waals surface area contributed by atoms with Gasteiger partial charge in [0.2, 0.25) is 5.13 Å². The number of rotatable bonds is 8. The Morgan fingerprint density at radius 2 is 2.00 bits per heavy atom. The molecule has 3 rings (SSSR count). The van der Waals surface area contributed by atoms with Gasteiger partial charge in [-0.05, 0) is 30.2 Å². The molecule has 0 aliphatic heterocycles. The summed E-state index contributed by atoms with van der Waals surface area (Å²) in [6, 6.07) is 15.3. The van der Waals surface area contributed by atoms with Gasteiger partial charge < -0.3 is 5.32 Å². The van der Waals surface area contributed by atoms with E-state index in [1.165, 1.54) is 23.1 Å². The van der Waals surface area contributed by atoms with Gasteiger partial charge in [0.05, 0.1) is 12.4 Å². The van der Waals surface area contributed by atoms with Crippen LogP contribution in [0.1, 0.15) is 11.1 Å². The Hall–Kier alpha value is -2.13. The third-order valence-electron chi connectivity index (χ3n) is 3.51. The van der Waals surface area contributed by atoms with Gasteiger partial charge in [0.25, 0.3) is 5.91 Å². The Kier molecular flexibility index (Phi) is 7.05. The monoisotopic (exact) mass is 420 g/mol. The van der Waals surface area contributed by atoms with Gasteiger partial charge in [-0.2, -0.15) is 0 Å². The maximum atomic E-state index is 11.9. The number of thioether (sulfide) groups is 1. The number of nitrogens with one attached hydrogen (secondary N) is 2. The van der Waals surface area contributed by atoms with E-state index in [2.05, 4.69) is 21.0 Å². The van der Waals surface area contributed by atoms with E-state index in [0.29, 0.717) is 21.1 Å². The summed E-state index contributed by atoms with van der Waals surface area (Å²) in [4.78, 5) is 17.1. The summed E-state index contributed by atoms with van der Waals surface area (Å²) in [5.41, 5.74) is 5.24. The number of hydrogen-bond donors (Lipinski definition) is 2. The molecule has 0 saturated heterocycles. The smallest absolute Gasteiger partial charge is 0.253 e. The maximum Gasteiger partial charge on any atom is 0.253 e. The zero-order valence-electron chi connectivity index (χ0n) is 14.4. The second kappa shape index (κ2) is 9.70. The van der Waals surface area contributed by atoms with E-state index in [1.807, 2.05) is 55.5 Å². The maximum absolute atomic E-state index is 11.9. The van der Waals surface area contributed by atoms with E-state index in [4.69, 9.17) is 16.4 Å². The van der Waals surface area contributed by atoms with Crippen LogP contribution >= 0.6 is 34.7 Å². The van der Waals surface area contributed by atoms with E-state index >= 15 is 0 Å². The third-order valence-corrected chi connectivity index (χ3v) is 5.89. The van der Waals surface area contributed by atoms with Gasteiger partial charge in [0, 0.05) is 10.7 Å². The molecule has 0 radical (unpaired) electrons. The number of amides is 1. The highest BCUT2D eigenvalue weighted by Gasteiger charge is 2.10. The number of carbonyl (C=O) groups is 1. The summed E-state index contributed by atoms with van der Waals surface area (Å²) < 4.78 is 0.690. The number of hydroxylamine groups is 1. The molecule has 2 N–H and O–H groups in total. The lowest BCUT2D eigenvalue weighted by atomic mass is 10.2. The molecule has 0 bridgehead atoms. The first-order chi connectivity index (χ1) is 13.1. The Labute approximate surface area is 170 Å². The molecule has 0 saturated carbocycles. The number of carbonyl (C=O) groups excluding carboxylic acids is 1. The molecule has 1 amide bonds. The third kappa shape index (κ3) is 5.93. The minimum Gasteiger partial charge on any atom is -0.330 e. The summed E-state index contributed by atoms with van der Waals surface area (Å²) >= 11 is 8.79. The van der Waals surface area contributed by atoms with Crippen LogP contribution in [0, 0.1) is 6.92 Å². The number of halogens is 1. The van der Waals surface area contributed by atoms with E-state index < -0.39 is 0 Å². The molecule has 9 heteroatoms. The van der Waals surface area contributed by atoms with Gasteiger partial charge in [-0.25, -0.2) is 5.48 Å². The lowest BCUT2D eigenvalue weighted by Crippen LogP contribution is -2.25. The van der Waals surface area contributed by atoms with Crippen LogP contribution in [0.5, 0.6) is 0 Å². The summed E-state index contributed by atoms with van der Waals surface area (Å²) in [6.07, 6.45) is 0. The van der Waals surface area contributed by atoms with Crippen molar-refractivity contribution in [2.75, 3.05) is 11.1 Å². The first-order valence-electron chi connectivity index (χ1n) is 8.05. The lowest BCUT2D eigenvalue weighted by Gasteiger charge is -2.07. The van der Waals surface area contributed by atoms with E-state index in [-0.39, 0.29) is 11.7 Å². The van der Waals surface area contributed by atoms with Gasteiger partial charge in [-0.3, -0.25) is 9.63 Å². The van der Waals surface area contributed by atoms with Crippen molar-refractivity contribution >= 4 is 51.4 Å². The molecule has 2 aromatic carbocycles. The lowest BCUT2D eigenvalue weighted by molar-refractivity contribution is -0.131. The molecule has 0 fully saturated rings. The van der Waals surface area contributed by atoms with Crippen molar-refractivity contribution < 1.29 is 9.63 Å². The van der Waals surface area contributed by atoms with Gasteiger partial charge in [0.15, 0.2) is 4.34 Å². The average molecular weight is 421 g/mol. The number of benzene rings is 2. The van der Waals surface area contributed by atoms with Crippen LogP contribution in [0.15, 0.2) is 52.9 Å². The largest absolute Gasteiger partial charge is 0.330 e. The van der Waals surface area contributed by atoms with E-state index in [1.54, 1.807) is 0 Å². The minimum atomic E-state index is -0.230. The zero-order valence-corrected chi connectivity index (χ0v) is 16.8. The van der Waals surface area contributed by atoms with Gasteiger partial charge >= 0.3 is 0 Å². The summed E-state index contributed by atoms with van der Waals surface area (Å²) in [5, 5.41) is 12.7. The fourth-order valence-corrected chi connectivity index (χ4v) is 3.83. The van der Waals surface area contributed by atoms with E-state index in [9.17, 15) is 4.79 Å². The number of nitrogens with zero attached hydrogens (tertiary/aromatic N) is 2. The molecular formula is C18H17ClN4O2S2. The SMILES string of the molecule is Cc1c(Cl)cccc1Nc1nnc(SCC(=O)NOCc2ccccc2)s1. The van der Waals surface area contributed by atoms with Crippen molar-refractivity contribution in [3.05, 3.63) is 64.7 Å². The number of anilines is 2. The topological polar surface area (TPSA) is 76.1 Å². The van der Waals surface area contributed by atoms with Crippen LogP contribution in [0.2, 0.25) is 5.02 Å². The van der Waals surface area contributed by atoms with Crippen molar-refractivity contribution in [2.45, 2.75) is 17.9 Å². The first-order valence-corrected chi connectivity index (χ1v) is 10.2. The molecule has 0 aliphatic rings. The van der Waals surface area contributed by atoms with Gasteiger partial charge in [0.1, 0.15) is 0 Å². The van der Waals surface area contributed by atoms with Gasteiger partial charge in [-0.1, -0.05) is 71.1 Å². The van der Waals surface area contributed by atoms with Crippen LogP contribution < -0.4 is 10.8 Å². The molecule has 0 unspecified atom stereocenters. The zero-order chi connectivity index (χ0) is 19.1. The second-order valence-corrected chi connectivity index (χ2v) is 8.11. The second-order valence-electron chi connectivity index (χ2n) is 5.50. The quantitative estimate of drug-likeness (QED) is 0.410. The summed E-state index contributed by atoms with van der Waals surface area (Å²) in [5.74, 6) is -0.0362. The van der Waals surface area contributed by atoms with Crippen LogP contribution in [0.3, 0.4) is 0 Å². The van der Waals surface area contributed by atoms with Crippen molar-refractivity contribution in [1.29, 1.82) is 0 Å². The van der Waals surface area contributed by atoms with Crippen molar-refractivity contribution in [3.8, 4) is 0 Å². The van der Waals surface area contributed by atoms with Gasteiger partial charge in [-0.15, -0.1) is 10.2 Å². The predicted molar refractivity (Wildman–Crippen MR) is 109 cm³/mol. The normalized spacial score (nSPS) is 10.6. The van der Waals surface area contributed by atoms with Crippen molar-refractivity contribution in [1.82, 2.24) is 15.7 Å². The standard InChI is InChI=1S/C18H17ClN4O2S2/c1-12-14(19)8-5-9-15(12)20-17-21-22-18(27-17)26-11-16(24)23-25-10-13-6-3-2-4-7-13/h2-9H,10-11H2,1H3,(H,20,21)(H,23,24). The van der Waals surface area contributed by atoms with Crippen molar-refractivity contribution in [3.63, 3.8) is 0 Å². The first kappa shape index (κ1) is 19.6. The fraction of sp³-hybridized carbons (Fsp3) is 0.167. The molecule has 3 aromatic rings. The molecule has 1 heterocycles. The fourth-order valence-electron chi connectivity index (χ4n) is 2.11. The number of hydrogen-bond acceptors (Lipinski definition) is 7. The van der Waals surface area contributed by atoms with Crippen LogP contribution in [-0.2, 0) is 16.2 Å². The molecule has 0 aliphatic carbocycles. The highest BCUT2D eigenvalue weighted by atomic mass is 35.5. The predicted octanol–water partition coefficient (Wildman–Crippen LogP) is 4.58. The Morgan fingerprint density at radius 1 is 1.19 bits per heavy atom. The van der Waals surface area contributed by atoms with E-state index in [0.717, 1.165) is 16.8 Å². The molecule has 1 aromatic heterocycles. The average Bonchev–Trinajstić information content (AvgIpc) is 3.12. The minimum absolute atomic E-state index is 0.194. The molecule has 0 atom stereocenters. The van der Waals surface area contributed by atoms with Crippen LogP contribution in [0.4, 0.5) is 10.8 Å². The highest BCUT2D eigenvalue weighted by Crippen LogP contribution is 2.30. The molecule has 140 valence electrons. The Morgan fingerprint density at radius 3 is 2.81 bits per heavy atom. The number of aromatic nitrogens is 2. The van der Waals surface area contributed by atoms with Crippen molar-refractivity contribution in [2.24, 2.45) is 0 Å². The molecule has 27 heavy (non-hydrogen) atoms. The van der Waals surface area contributed by atoms with Crippen LogP contribution in [-0.4, -0.2) is 21.9 Å². The summed E-state index contributed by atoms with van der Waals surface area (Å²) in [6.45, 7) is 2.25. The molecule has 0 spiro atoms. The summed E-state index contributed by atoms with van der Waals surface area (Å²) in [7, 11) is 0. The molecule has 6 nitrogen and oxygen atoms in total. The Bertz CT molecular complexity index is 905.